The van der Waals surface area contributed by atoms with E-state index in [1.807, 2.05) is 0 Å². The third-order valence-corrected chi connectivity index (χ3v) is 8.44. The first-order valence-electron chi connectivity index (χ1n) is 9.59. The normalized spacial score (nSPS) is 45.8. The molecule has 0 amide bonds. The third kappa shape index (κ3) is 1.63. The van der Waals surface area contributed by atoms with E-state index in [4.69, 9.17) is 4.74 Å². The minimum absolute atomic E-state index is 0.172. The molecular formula is C19H20N2O5. The quantitative estimate of drug-likeness (QED) is 0.594. The van der Waals surface area contributed by atoms with Crippen molar-refractivity contribution in [3.05, 3.63) is 44.0 Å². The van der Waals surface area contributed by atoms with Crippen LogP contribution in [0.4, 0.5) is 11.4 Å². The highest BCUT2D eigenvalue weighted by Gasteiger charge is 2.79. The third-order valence-electron chi connectivity index (χ3n) is 8.44. The molecule has 6 fully saturated rings. The fourth-order valence-corrected chi connectivity index (χ4v) is 8.18. The molecule has 6 aliphatic carbocycles. The Hall–Kier alpha value is -2.02. The molecule has 7 rings (SSSR count). The molecular weight excluding hydrogens is 336 g/mol. The molecule has 7 heteroatoms. The maximum Gasteiger partial charge on any atom is 0.281 e. The molecule has 0 N–H and O–H groups in total. The Labute approximate surface area is 150 Å². The average Bonchev–Trinajstić information content (AvgIpc) is 3.41. The number of benzene rings is 1. The van der Waals surface area contributed by atoms with E-state index in [0.29, 0.717) is 11.5 Å². The van der Waals surface area contributed by atoms with Crippen LogP contribution in [0.5, 0.6) is 0 Å². The van der Waals surface area contributed by atoms with Crippen molar-refractivity contribution in [2.24, 2.45) is 47.3 Å². The maximum absolute atomic E-state index is 11.3. The van der Waals surface area contributed by atoms with E-state index in [0.717, 1.165) is 53.9 Å². The van der Waals surface area contributed by atoms with Crippen molar-refractivity contribution in [1.29, 1.82) is 0 Å². The van der Waals surface area contributed by atoms with Gasteiger partial charge in [-0.15, -0.1) is 0 Å². The first kappa shape index (κ1) is 15.1. The van der Waals surface area contributed by atoms with Gasteiger partial charge in [0.05, 0.1) is 34.2 Å². The SMILES string of the molecule is O=[N+]([O-])c1ccc(CO[C@H]2C[C@@H]3[C@@H]4[C@@H]5CC[C@@H]6[C@@H]5[C@@H]3[C@@H]2[C@@H]64)c([N+](=O)[O-])c1. The second kappa shape index (κ2) is 4.82. The van der Waals surface area contributed by atoms with Crippen molar-refractivity contribution in [2.45, 2.75) is 32.0 Å². The van der Waals surface area contributed by atoms with Crippen molar-refractivity contribution in [3.63, 3.8) is 0 Å². The molecule has 1 aromatic carbocycles. The van der Waals surface area contributed by atoms with Crippen LogP contribution in [0.1, 0.15) is 24.8 Å². The maximum atomic E-state index is 11.3. The van der Waals surface area contributed by atoms with Gasteiger partial charge < -0.3 is 4.74 Å². The van der Waals surface area contributed by atoms with Crippen LogP contribution in [-0.2, 0) is 11.3 Å². The Morgan fingerprint density at radius 1 is 0.923 bits per heavy atom. The smallest absolute Gasteiger partial charge is 0.281 e. The second-order valence-electron chi connectivity index (χ2n) is 8.87. The Morgan fingerprint density at radius 3 is 2.35 bits per heavy atom. The molecule has 7 nitrogen and oxygen atoms in total. The van der Waals surface area contributed by atoms with E-state index in [-0.39, 0.29) is 24.1 Å². The van der Waals surface area contributed by atoms with Gasteiger partial charge in [0, 0.05) is 6.07 Å². The monoisotopic (exact) mass is 356 g/mol. The lowest BCUT2D eigenvalue weighted by molar-refractivity contribution is -0.394. The van der Waals surface area contributed by atoms with Gasteiger partial charge >= 0.3 is 0 Å². The van der Waals surface area contributed by atoms with Crippen molar-refractivity contribution >= 4 is 11.4 Å². The van der Waals surface area contributed by atoms with Crippen molar-refractivity contribution in [3.8, 4) is 0 Å². The summed E-state index contributed by atoms with van der Waals surface area (Å²) in [6.45, 7) is 0.172. The van der Waals surface area contributed by atoms with Gasteiger partial charge in [0.2, 0.25) is 0 Å². The van der Waals surface area contributed by atoms with Gasteiger partial charge in [-0.2, -0.15) is 0 Å². The van der Waals surface area contributed by atoms with Crippen LogP contribution in [0.3, 0.4) is 0 Å². The summed E-state index contributed by atoms with van der Waals surface area (Å²) in [5.41, 5.74) is -0.0378. The Bertz CT molecular complexity index is 833. The molecule has 0 aromatic heterocycles. The standard InChI is InChI=1S/C19H20N2O5/c22-20(23)9-2-1-8(13(5-9)21(24)25)7-26-14-6-12-16-10-3-4-11-15(10)18(12)19(14)17(11)16/h1-2,5,10-12,14-19H,3-4,6-7H2/t10-,11-,12-,14+,15-,16+,17+,18-,19+/m1/s1. The molecule has 26 heavy (non-hydrogen) atoms. The molecule has 0 spiro atoms. The Kier molecular flexibility index (Phi) is 2.80. The van der Waals surface area contributed by atoms with Gasteiger partial charge in [-0.25, -0.2) is 0 Å². The molecule has 8 bridgehead atoms. The minimum Gasteiger partial charge on any atom is -0.373 e. The summed E-state index contributed by atoms with van der Waals surface area (Å²) in [5, 5.41) is 22.2. The topological polar surface area (TPSA) is 95.5 Å². The lowest BCUT2D eigenvalue weighted by Gasteiger charge is -2.38. The van der Waals surface area contributed by atoms with Crippen LogP contribution < -0.4 is 0 Å². The van der Waals surface area contributed by atoms with Crippen molar-refractivity contribution in [2.75, 3.05) is 0 Å². The van der Waals surface area contributed by atoms with Gasteiger partial charge in [0.25, 0.3) is 11.4 Å². The molecule has 0 aliphatic heterocycles. The van der Waals surface area contributed by atoms with E-state index in [9.17, 15) is 20.2 Å². The molecule has 0 unspecified atom stereocenters. The van der Waals surface area contributed by atoms with E-state index < -0.39 is 9.85 Å². The zero-order valence-electron chi connectivity index (χ0n) is 14.2. The first-order valence-corrected chi connectivity index (χ1v) is 9.59. The summed E-state index contributed by atoms with van der Waals surface area (Å²) >= 11 is 0. The van der Waals surface area contributed by atoms with Gasteiger partial charge in [-0.05, 0) is 72.7 Å². The zero-order valence-corrected chi connectivity index (χ0v) is 14.2. The van der Waals surface area contributed by atoms with E-state index >= 15 is 0 Å². The number of hydrogen-bond donors (Lipinski definition) is 0. The van der Waals surface area contributed by atoms with Gasteiger partial charge in [-0.3, -0.25) is 20.2 Å². The molecule has 1 aromatic rings. The fourth-order valence-electron chi connectivity index (χ4n) is 8.18. The van der Waals surface area contributed by atoms with Gasteiger partial charge in [-0.1, -0.05) is 0 Å². The van der Waals surface area contributed by atoms with Crippen LogP contribution in [0, 0.1) is 67.6 Å². The fraction of sp³-hybridized carbons (Fsp3) is 0.684. The number of rotatable bonds is 5. The summed E-state index contributed by atoms with van der Waals surface area (Å²) in [6, 6.07) is 3.83. The lowest BCUT2D eigenvalue weighted by atomic mass is 9.70. The van der Waals surface area contributed by atoms with Crippen LogP contribution >= 0.6 is 0 Å². The van der Waals surface area contributed by atoms with Crippen LogP contribution in [-0.4, -0.2) is 16.0 Å². The first-order chi connectivity index (χ1) is 12.6. The molecule has 136 valence electrons. The van der Waals surface area contributed by atoms with Crippen LogP contribution in [0.2, 0.25) is 0 Å². The van der Waals surface area contributed by atoms with E-state index in [2.05, 4.69) is 0 Å². The van der Waals surface area contributed by atoms with Gasteiger partial charge in [0.15, 0.2) is 0 Å². The summed E-state index contributed by atoms with van der Waals surface area (Å²) in [6.07, 6.45) is 4.16. The molecule has 9 atom stereocenters. The molecule has 0 radical (unpaired) electrons. The summed E-state index contributed by atoms with van der Waals surface area (Å²) < 4.78 is 6.20. The van der Waals surface area contributed by atoms with Crippen LogP contribution in [0.15, 0.2) is 18.2 Å². The molecule has 6 saturated carbocycles. The predicted octanol–water partition coefficient (Wildman–Crippen LogP) is 3.56. The number of non-ortho nitro benzene ring substituents is 1. The summed E-state index contributed by atoms with van der Waals surface area (Å²) in [7, 11) is 0. The van der Waals surface area contributed by atoms with Gasteiger partial charge in [0.1, 0.15) is 0 Å². The number of nitrogens with zero attached hydrogens (tertiary/aromatic N) is 2. The number of ether oxygens (including phenoxy) is 1. The highest BCUT2D eigenvalue weighted by atomic mass is 16.6. The molecule has 0 heterocycles. The molecule has 6 aliphatic rings. The van der Waals surface area contributed by atoms with Crippen molar-refractivity contribution in [1.82, 2.24) is 0 Å². The molecule has 0 saturated heterocycles. The van der Waals surface area contributed by atoms with Crippen molar-refractivity contribution < 1.29 is 14.6 Å². The Balaban J connectivity index is 1.21. The highest BCUT2D eigenvalue weighted by Crippen LogP contribution is 2.82. The minimum atomic E-state index is -0.605. The lowest BCUT2D eigenvalue weighted by Crippen LogP contribution is -2.36. The summed E-state index contributed by atoms with van der Waals surface area (Å²) in [4.78, 5) is 21.0. The van der Waals surface area contributed by atoms with E-state index in [1.165, 1.54) is 25.0 Å². The average molecular weight is 356 g/mol. The largest absolute Gasteiger partial charge is 0.373 e. The number of nitro benzene ring substituents is 2. The zero-order chi connectivity index (χ0) is 17.7. The Morgan fingerprint density at radius 2 is 1.62 bits per heavy atom. The summed E-state index contributed by atoms with van der Waals surface area (Å²) in [5.74, 6) is 7.00. The van der Waals surface area contributed by atoms with Crippen LogP contribution in [0.25, 0.3) is 0 Å². The predicted molar refractivity (Wildman–Crippen MR) is 90.1 cm³/mol. The van der Waals surface area contributed by atoms with E-state index in [1.54, 1.807) is 0 Å². The second-order valence-corrected chi connectivity index (χ2v) is 8.87. The highest BCUT2D eigenvalue weighted by molar-refractivity contribution is 5.48. The number of nitro groups is 2. The number of hydrogen-bond acceptors (Lipinski definition) is 5.